The molecule has 6 heteroatoms. The minimum absolute atomic E-state index is 0.0107. The van der Waals surface area contributed by atoms with Crippen LogP contribution in [-0.4, -0.2) is 47.8 Å². The third-order valence-corrected chi connectivity index (χ3v) is 2.67. The Morgan fingerprint density at radius 3 is 2.67 bits per heavy atom. The van der Waals surface area contributed by atoms with Crippen LogP contribution in [0.5, 0.6) is 0 Å². The smallest absolute Gasteiger partial charge is 0.268 e. The van der Waals surface area contributed by atoms with E-state index in [0.717, 1.165) is 18.8 Å². The zero-order chi connectivity index (χ0) is 13.4. The molecular formula is C12H21N3O3. The third-order valence-electron chi connectivity index (χ3n) is 2.67. The van der Waals surface area contributed by atoms with Crippen molar-refractivity contribution in [1.29, 1.82) is 0 Å². The van der Waals surface area contributed by atoms with Gasteiger partial charge in [-0.25, -0.2) is 4.68 Å². The van der Waals surface area contributed by atoms with Gasteiger partial charge in [-0.1, -0.05) is 0 Å². The van der Waals surface area contributed by atoms with Crippen molar-refractivity contribution in [3.8, 4) is 0 Å². The van der Waals surface area contributed by atoms with E-state index in [9.17, 15) is 4.79 Å². The first-order valence-corrected chi connectivity index (χ1v) is 6.23. The van der Waals surface area contributed by atoms with Gasteiger partial charge in [0.1, 0.15) is 0 Å². The maximum absolute atomic E-state index is 11.8. The second-order valence-corrected chi connectivity index (χ2v) is 3.78. The molecule has 1 N–H and O–H groups in total. The van der Waals surface area contributed by atoms with Crippen LogP contribution >= 0.6 is 0 Å². The molecule has 6 nitrogen and oxygen atoms in total. The molecule has 1 heterocycles. The van der Waals surface area contributed by atoms with Crippen molar-refractivity contribution in [2.75, 3.05) is 37.8 Å². The van der Waals surface area contributed by atoms with E-state index < -0.39 is 0 Å². The summed E-state index contributed by atoms with van der Waals surface area (Å²) in [7, 11) is 0. The number of nitrogens with zero attached hydrogens (tertiary/aromatic N) is 3. The number of aliphatic hydroxyl groups excluding tert-OH is 1. The highest BCUT2D eigenvalue weighted by molar-refractivity contribution is 5.42. The van der Waals surface area contributed by atoms with Crippen LogP contribution < -0.4 is 10.5 Å². The van der Waals surface area contributed by atoms with Crippen molar-refractivity contribution in [3.05, 3.63) is 22.6 Å². The first-order chi connectivity index (χ1) is 8.72. The molecule has 0 aromatic carbocycles. The fraction of sp³-hybridized carbons (Fsp3) is 0.667. The lowest BCUT2D eigenvalue weighted by Crippen LogP contribution is -2.28. The SMILES string of the molecule is CCN(CC)c1cnn(CCOCCO)c(=O)c1. The van der Waals surface area contributed by atoms with Crippen LogP contribution in [0, 0.1) is 0 Å². The molecule has 0 unspecified atom stereocenters. The number of hydrogen-bond acceptors (Lipinski definition) is 5. The number of aromatic nitrogens is 2. The van der Waals surface area contributed by atoms with Crippen molar-refractivity contribution in [3.63, 3.8) is 0 Å². The molecule has 0 aliphatic rings. The second kappa shape index (κ2) is 7.84. The van der Waals surface area contributed by atoms with Crippen molar-refractivity contribution in [2.24, 2.45) is 0 Å². The van der Waals surface area contributed by atoms with Gasteiger partial charge in [-0.3, -0.25) is 4.79 Å². The van der Waals surface area contributed by atoms with E-state index in [4.69, 9.17) is 9.84 Å². The molecule has 1 aromatic heterocycles. The lowest BCUT2D eigenvalue weighted by Gasteiger charge is -2.20. The molecule has 18 heavy (non-hydrogen) atoms. The Hall–Kier alpha value is -1.40. The standard InChI is InChI=1S/C12H21N3O3/c1-3-14(4-2)11-9-12(17)15(13-10-11)5-7-18-8-6-16/h9-10,16H,3-8H2,1-2H3. The van der Waals surface area contributed by atoms with Crippen molar-refractivity contribution in [2.45, 2.75) is 20.4 Å². The molecule has 0 spiro atoms. The number of aliphatic hydroxyl groups is 1. The Balaban J connectivity index is 2.65. The fourth-order valence-electron chi connectivity index (χ4n) is 1.67. The van der Waals surface area contributed by atoms with E-state index in [-0.39, 0.29) is 18.8 Å². The summed E-state index contributed by atoms with van der Waals surface area (Å²) >= 11 is 0. The summed E-state index contributed by atoms with van der Waals surface area (Å²) in [6.07, 6.45) is 1.69. The van der Waals surface area contributed by atoms with E-state index in [1.807, 2.05) is 13.8 Å². The lowest BCUT2D eigenvalue weighted by molar-refractivity contribution is 0.0847. The predicted octanol–water partition coefficient (Wildman–Crippen LogP) is 0.0984. The molecule has 0 bridgehead atoms. The molecule has 0 radical (unpaired) electrons. The van der Waals surface area contributed by atoms with Crippen molar-refractivity contribution >= 4 is 5.69 Å². The number of anilines is 1. The van der Waals surface area contributed by atoms with E-state index >= 15 is 0 Å². The molecule has 102 valence electrons. The van der Waals surface area contributed by atoms with E-state index in [2.05, 4.69) is 10.00 Å². The monoisotopic (exact) mass is 255 g/mol. The van der Waals surface area contributed by atoms with Gasteiger partial charge in [0.15, 0.2) is 0 Å². The minimum atomic E-state index is -0.132. The first-order valence-electron chi connectivity index (χ1n) is 6.23. The summed E-state index contributed by atoms with van der Waals surface area (Å²) in [5, 5.41) is 12.7. The van der Waals surface area contributed by atoms with E-state index in [0.29, 0.717) is 13.2 Å². The van der Waals surface area contributed by atoms with Gasteiger partial charge < -0.3 is 14.7 Å². The average Bonchev–Trinajstić information content (AvgIpc) is 2.38. The van der Waals surface area contributed by atoms with Crippen molar-refractivity contribution in [1.82, 2.24) is 9.78 Å². The summed E-state index contributed by atoms with van der Waals surface area (Å²) in [5.74, 6) is 0. The summed E-state index contributed by atoms with van der Waals surface area (Å²) in [6, 6.07) is 1.59. The van der Waals surface area contributed by atoms with Crippen LogP contribution in [0.1, 0.15) is 13.8 Å². The summed E-state index contributed by atoms with van der Waals surface area (Å²) in [6.45, 7) is 6.82. The van der Waals surface area contributed by atoms with Gasteiger partial charge in [0.25, 0.3) is 5.56 Å². The highest BCUT2D eigenvalue weighted by atomic mass is 16.5. The first kappa shape index (κ1) is 14.7. The average molecular weight is 255 g/mol. The Bertz CT molecular complexity index is 402. The normalized spacial score (nSPS) is 10.6. The maximum atomic E-state index is 11.8. The molecule has 0 aliphatic carbocycles. The van der Waals surface area contributed by atoms with Gasteiger partial charge in [0.2, 0.25) is 0 Å². The van der Waals surface area contributed by atoms with Crippen LogP contribution in [0.3, 0.4) is 0 Å². The van der Waals surface area contributed by atoms with E-state index in [1.165, 1.54) is 4.68 Å². The van der Waals surface area contributed by atoms with Gasteiger partial charge in [-0.15, -0.1) is 0 Å². The van der Waals surface area contributed by atoms with Gasteiger partial charge in [0, 0.05) is 19.2 Å². The second-order valence-electron chi connectivity index (χ2n) is 3.78. The molecule has 1 aromatic rings. The van der Waals surface area contributed by atoms with Gasteiger partial charge >= 0.3 is 0 Å². The maximum Gasteiger partial charge on any atom is 0.268 e. The number of ether oxygens (including phenoxy) is 1. The Morgan fingerprint density at radius 1 is 1.39 bits per heavy atom. The number of hydrogen-bond donors (Lipinski definition) is 1. The molecule has 0 saturated heterocycles. The quantitative estimate of drug-likeness (QED) is 0.667. The molecule has 0 amide bonds. The highest BCUT2D eigenvalue weighted by Crippen LogP contribution is 2.07. The molecule has 0 saturated carbocycles. The van der Waals surface area contributed by atoms with Crippen LogP contribution in [-0.2, 0) is 11.3 Å². The Labute approximate surface area is 107 Å². The predicted molar refractivity (Wildman–Crippen MR) is 70.0 cm³/mol. The Kier molecular flexibility index (Phi) is 6.38. The summed E-state index contributed by atoms with van der Waals surface area (Å²) in [5.41, 5.74) is 0.713. The third kappa shape index (κ3) is 4.12. The molecular weight excluding hydrogens is 234 g/mol. The highest BCUT2D eigenvalue weighted by Gasteiger charge is 2.05. The largest absolute Gasteiger partial charge is 0.394 e. The number of rotatable bonds is 8. The van der Waals surface area contributed by atoms with Crippen LogP contribution in [0.15, 0.2) is 17.1 Å². The topological polar surface area (TPSA) is 67.6 Å². The summed E-state index contributed by atoms with van der Waals surface area (Å²) < 4.78 is 6.47. The molecule has 0 fully saturated rings. The molecule has 1 rings (SSSR count). The molecule has 0 aliphatic heterocycles. The zero-order valence-corrected chi connectivity index (χ0v) is 11.0. The minimum Gasteiger partial charge on any atom is -0.394 e. The lowest BCUT2D eigenvalue weighted by atomic mass is 10.4. The van der Waals surface area contributed by atoms with Crippen LogP contribution in [0.2, 0.25) is 0 Å². The van der Waals surface area contributed by atoms with Gasteiger partial charge in [-0.05, 0) is 13.8 Å². The summed E-state index contributed by atoms with van der Waals surface area (Å²) in [4.78, 5) is 13.9. The van der Waals surface area contributed by atoms with Crippen LogP contribution in [0.25, 0.3) is 0 Å². The Morgan fingerprint density at radius 2 is 2.11 bits per heavy atom. The zero-order valence-electron chi connectivity index (χ0n) is 11.0. The van der Waals surface area contributed by atoms with Crippen molar-refractivity contribution < 1.29 is 9.84 Å². The van der Waals surface area contributed by atoms with Gasteiger partial charge in [0.05, 0.1) is 38.2 Å². The van der Waals surface area contributed by atoms with Gasteiger partial charge in [-0.2, -0.15) is 5.10 Å². The fourth-order valence-corrected chi connectivity index (χ4v) is 1.67. The van der Waals surface area contributed by atoms with E-state index in [1.54, 1.807) is 12.3 Å². The molecule has 0 atom stereocenters. The van der Waals surface area contributed by atoms with Crippen LogP contribution in [0.4, 0.5) is 5.69 Å².